The molecule has 0 bridgehead atoms. The molecule has 108 valence electrons. The molecule has 0 heterocycles. The first kappa shape index (κ1) is 17.2. The van der Waals surface area contributed by atoms with Gasteiger partial charge in [-0.2, -0.15) is 0 Å². The van der Waals surface area contributed by atoms with Crippen molar-refractivity contribution in [3.63, 3.8) is 0 Å². The Balaban J connectivity index is 3.53. The summed E-state index contributed by atoms with van der Waals surface area (Å²) >= 11 is 0. The molecule has 6 nitrogen and oxygen atoms in total. The van der Waals surface area contributed by atoms with Gasteiger partial charge in [0.2, 0.25) is 0 Å². The molecular weight excluding hydrogens is 236 g/mol. The Morgan fingerprint density at radius 2 is 1.89 bits per heavy atom. The Hall–Kier alpha value is -0.850. The van der Waals surface area contributed by atoms with E-state index in [0.717, 1.165) is 0 Å². The number of amides is 1. The van der Waals surface area contributed by atoms with E-state index < -0.39 is 11.7 Å². The van der Waals surface area contributed by atoms with Crippen LogP contribution in [0.3, 0.4) is 0 Å². The number of hydrogen-bond acceptors (Lipinski definition) is 5. The van der Waals surface area contributed by atoms with Crippen molar-refractivity contribution < 1.29 is 19.0 Å². The Labute approximate surface area is 109 Å². The van der Waals surface area contributed by atoms with Gasteiger partial charge in [-0.1, -0.05) is 0 Å². The quantitative estimate of drug-likeness (QED) is 0.632. The molecule has 0 aromatic carbocycles. The van der Waals surface area contributed by atoms with E-state index in [0.29, 0.717) is 26.2 Å². The molecule has 0 aliphatic rings. The molecule has 6 heteroatoms. The molecule has 2 N–H and O–H groups in total. The van der Waals surface area contributed by atoms with Crippen molar-refractivity contribution in [2.24, 2.45) is 0 Å². The van der Waals surface area contributed by atoms with E-state index in [4.69, 9.17) is 14.2 Å². The summed E-state index contributed by atoms with van der Waals surface area (Å²) < 4.78 is 15.3. The molecule has 0 spiro atoms. The van der Waals surface area contributed by atoms with Gasteiger partial charge in [-0.25, -0.2) is 4.79 Å². The van der Waals surface area contributed by atoms with Crippen LogP contribution in [0.4, 0.5) is 4.79 Å². The maximum Gasteiger partial charge on any atom is 0.407 e. The maximum atomic E-state index is 11.3. The third kappa shape index (κ3) is 10.3. The summed E-state index contributed by atoms with van der Waals surface area (Å²) in [6, 6.07) is 0. The average Bonchev–Trinajstić information content (AvgIpc) is 2.24. The first-order valence-corrected chi connectivity index (χ1v) is 6.08. The summed E-state index contributed by atoms with van der Waals surface area (Å²) in [7, 11) is 3.28. The van der Waals surface area contributed by atoms with E-state index in [2.05, 4.69) is 10.6 Å². The van der Waals surface area contributed by atoms with Crippen LogP contribution < -0.4 is 10.6 Å². The number of alkyl carbamates (subject to hydrolysis) is 1. The van der Waals surface area contributed by atoms with E-state index in [-0.39, 0.29) is 6.10 Å². The zero-order valence-corrected chi connectivity index (χ0v) is 12.0. The largest absolute Gasteiger partial charge is 0.444 e. The van der Waals surface area contributed by atoms with Gasteiger partial charge in [-0.05, 0) is 20.8 Å². The first-order chi connectivity index (χ1) is 8.39. The highest BCUT2D eigenvalue weighted by molar-refractivity contribution is 5.67. The summed E-state index contributed by atoms with van der Waals surface area (Å²) in [5.74, 6) is 0. The topological polar surface area (TPSA) is 68.8 Å². The monoisotopic (exact) mass is 262 g/mol. The predicted octanol–water partition coefficient (Wildman–Crippen LogP) is 0.762. The zero-order valence-electron chi connectivity index (χ0n) is 12.0. The Morgan fingerprint density at radius 3 is 2.39 bits per heavy atom. The zero-order chi connectivity index (χ0) is 14.0. The predicted molar refractivity (Wildman–Crippen MR) is 69.8 cm³/mol. The average molecular weight is 262 g/mol. The van der Waals surface area contributed by atoms with Gasteiger partial charge in [0.15, 0.2) is 0 Å². The maximum absolute atomic E-state index is 11.3. The SMILES string of the molecule is COCC(CNCCNC(=O)OC(C)(C)C)OC. The van der Waals surface area contributed by atoms with Crippen LogP contribution in [0.1, 0.15) is 20.8 Å². The smallest absolute Gasteiger partial charge is 0.407 e. The van der Waals surface area contributed by atoms with Gasteiger partial charge in [0, 0.05) is 33.9 Å². The van der Waals surface area contributed by atoms with E-state index in [1.807, 2.05) is 20.8 Å². The molecule has 0 fully saturated rings. The number of carbonyl (C=O) groups is 1. The number of hydrogen-bond donors (Lipinski definition) is 2. The van der Waals surface area contributed by atoms with Gasteiger partial charge in [0.1, 0.15) is 5.60 Å². The molecule has 0 aliphatic carbocycles. The Morgan fingerprint density at radius 1 is 1.22 bits per heavy atom. The van der Waals surface area contributed by atoms with E-state index >= 15 is 0 Å². The molecule has 0 saturated carbocycles. The molecule has 0 rings (SSSR count). The van der Waals surface area contributed by atoms with E-state index in [1.54, 1.807) is 14.2 Å². The second-order valence-corrected chi connectivity index (χ2v) is 4.95. The van der Waals surface area contributed by atoms with E-state index in [9.17, 15) is 4.79 Å². The molecule has 1 atom stereocenters. The van der Waals surface area contributed by atoms with Crippen LogP contribution in [-0.2, 0) is 14.2 Å². The number of carbonyl (C=O) groups excluding carboxylic acids is 1. The van der Waals surface area contributed by atoms with Gasteiger partial charge in [-0.15, -0.1) is 0 Å². The van der Waals surface area contributed by atoms with Gasteiger partial charge in [-0.3, -0.25) is 0 Å². The van der Waals surface area contributed by atoms with Crippen molar-refractivity contribution in [1.82, 2.24) is 10.6 Å². The minimum atomic E-state index is -0.461. The van der Waals surface area contributed by atoms with Crippen molar-refractivity contribution in [1.29, 1.82) is 0 Å². The Bertz CT molecular complexity index is 229. The van der Waals surface area contributed by atoms with Crippen LogP contribution in [0.15, 0.2) is 0 Å². The van der Waals surface area contributed by atoms with Crippen molar-refractivity contribution in [2.45, 2.75) is 32.5 Å². The summed E-state index contributed by atoms with van der Waals surface area (Å²) in [5, 5.41) is 5.83. The minimum Gasteiger partial charge on any atom is -0.444 e. The lowest BCUT2D eigenvalue weighted by Gasteiger charge is -2.20. The lowest BCUT2D eigenvalue weighted by Crippen LogP contribution is -2.39. The van der Waals surface area contributed by atoms with Crippen molar-refractivity contribution in [3.8, 4) is 0 Å². The highest BCUT2D eigenvalue weighted by atomic mass is 16.6. The van der Waals surface area contributed by atoms with Crippen LogP contribution in [0.25, 0.3) is 0 Å². The van der Waals surface area contributed by atoms with Gasteiger partial charge < -0.3 is 24.8 Å². The van der Waals surface area contributed by atoms with Gasteiger partial charge >= 0.3 is 6.09 Å². The fourth-order valence-corrected chi connectivity index (χ4v) is 1.23. The lowest BCUT2D eigenvalue weighted by atomic mass is 10.2. The molecule has 0 radical (unpaired) electrons. The Kier molecular flexibility index (Phi) is 8.70. The number of methoxy groups -OCH3 is 2. The first-order valence-electron chi connectivity index (χ1n) is 6.08. The van der Waals surface area contributed by atoms with Gasteiger partial charge in [0.05, 0.1) is 12.7 Å². The van der Waals surface area contributed by atoms with Crippen molar-refractivity contribution in [3.05, 3.63) is 0 Å². The summed E-state index contributed by atoms with van der Waals surface area (Å²) in [6.45, 7) is 7.89. The summed E-state index contributed by atoms with van der Waals surface area (Å²) in [6.07, 6.45) is -0.374. The molecule has 18 heavy (non-hydrogen) atoms. The number of rotatable bonds is 8. The second-order valence-electron chi connectivity index (χ2n) is 4.95. The summed E-state index contributed by atoms with van der Waals surface area (Å²) in [4.78, 5) is 11.3. The second kappa shape index (κ2) is 9.13. The highest BCUT2D eigenvalue weighted by Crippen LogP contribution is 2.05. The fraction of sp³-hybridized carbons (Fsp3) is 0.917. The molecule has 0 aromatic rings. The van der Waals surface area contributed by atoms with Crippen LogP contribution in [0, 0.1) is 0 Å². The van der Waals surface area contributed by atoms with Crippen molar-refractivity contribution >= 4 is 6.09 Å². The van der Waals surface area contributed by atoms with E-state index in [1.165, 1.54) is 0 Å². The van der Waals surface area contributed by atoms with Gasteiger partial charge in [0.25, 0.3) is 0 Å². The van der Waals surface area contributed by atoms with Crippen molar-refractivity contribution in [2.75, 3.05) is 40.5 Å². The molecule has 1 unspecified atom stereocenters. The molecule has 1 amide bonds. The third-order valence-electron chi connectivity index (χ3n) is 2.03. The molecule has 0 aliphatic heterocycles. The molecule has 0 saturated heterocycles. The molecular formula is C12H26N2O4. The fourth-order valence-electron chi connectivity index (χ4n) is 1.23. The third-order valence-corrected chi connectivity index (χ3v) is 2.03. The normalized spacial score (nSPS) is 13.2. The minimum absolute atomic E-state index is 0.0246. The molecule has 0 aromatic heterocycles. The summed E-state index contributed by atoms with van der Waals surface area (Å²) in [5.41, 5.74) is -0.461. The van der Waals surface area contributed by atoms with Crippen LogP contribution in [0.5, 0.6) is 0 Å². The highest BCUT2D eigenvalue weighted by Gasteiger charge is 2.15. The van der Waals surface area contributed by atoms with Crippen LogP contribution in [0.2, 0.25) is 0 Å². The lowest BCUT2D eigenvalue weighted by molar-refractivity contribution is 0.0289. The number of nitrogens with one attached hydrogen (secondary N) is 2. The van der Waals surface area contributed by atoms with Crippen LogP contribution >= 0.6 is 0 Å². The standard InChI is InChI=1S/C12H26N2O4/c1-12(2,3)18-11(15)14-7-6-13-8-10(17-5)9-16-4/h10,13H,6-9H2,1-5H3,(H,14,15). The number of ether oxygens (including phenoxy) is 3. The van der Waals surface area contributed by atoms with Crippen LogP contribution in [-0.4, -0.2) is 58.3 Å².